The molecule has 15 heavy (non-hydrogen) atoms. The van der Waals surface area contributed by atoms with E-state index in [9.17, 15) is 0 Å². The first-order valence-corrected chi connectivity index (χ1v) is 6.43. The Labute approximate surface area is 94.8 Å². The number of nitrogens with one attached hydrogen (secondary N) is 1. The standard InChI is InChI=1S/C13H27NO/c1-6-10(4)14-11-9-12(15-5)13(11,7-2)8-3/h10-12,14H,6-9H2,1-5H3. The zero-order valence-corrected chi connectivity index (χ0v) is 11.0. The lowest BCUT2D eigenvalue weighted by Crippen LogP contribution is -2.64. The van der Waals surface area contributed by atoms with E-state index in [1.807, 2.05) is 7.11 Å². The van der Waals surface area contributed by atoms with Crippen LogP contribution >= 0.6 is 0 Å². The molecule has 2 nitrogen and oxygen atoms in total. The van der Waals surface area contributed by atoms with Crippen LogP contribution in [0.1, 0.15) is 53.4 Å². The molecule has 0 bridgehead atoms. The number of ether oxygens (including phenoxy) is 1. The molecular weight excluding hydrogens is 186 g/mol. The highest BCUT2D eigenvalue weighted by molar-refractivity contribution is 5.07. The minimum absolute atomic E-state index is 0.387. The molecule has 0 spiro atoms. The second kappa shape index (κ2) is 5.31. The SMILES string of the molecule is CCC(C)NC1CC(OC)C1(CC)CC. The van der Waals surface area contributed by atoms with Crippen LogP contribution in [0, 0.1) is 5.41 Å². The summed E-state index contributed by atoms with van der Waals surface area (Å²) in [5, 5.41) is 3.74. The molecule has 1 aliphatic rings. The first kappa shape index (κ1) is 13.0. The Balaban J connectivity index is 2.60. The van der Waals surface area contributed by atoms with E-state index in [4.69, 9.17) is 4.74 Å². The van der Waals surface area contributed by atoms with E-state index in [0.717, 1.165) is 0 Å². The third-order valence-corrected chi connectivity index (χ3v) is 4.48. The van der Waals surface area contributed by atoms with Crippen molar-refractivity contribution in [3.05, 3.63) is 0 Å². The Morgan fingerprint density at radius 3 is 2.33 bits per heavy atom. The van der Waals surface area contributed by atoms with Crippen molar-refractivity contribution < 1.29 is 4.74 Å². The molecule has 2 heteroatoms. The van der Waals surface area contributed by atoms with Gasteiger partial charge in [-0.3, -0.25) is 0 Å². The van der Waals surface area contributed by atoms with Gasteiger partial charge in [-0.15, -0.1) is 0 Å². The van der Waals surface area contributed by atoms with Crippen LogP contribution < -0.4 is 5.32 Å². The molecule has 1 rings (SSSR count). The zero-order chi connectivity index (χ0) is 11.5. The Kier molecular flexibility index (Phi) is 4.60. The van der Waals surface area contributed by atoms with Crippen molar-refractivity contribution in [1.29, 1.82) is 0 Å². The molecule has 90 valence electrons. The van der Waals surface area contributed by atoms with Gasteiger partial charge >= 0.3 is 0 Å². The van der Waals surface area contributed by atoms with E-state index in [1.54, 1.807) is 0 Å². The number of hydrogen-bond donors (Lipinski definition) is 1. The van der Waals surface area contributed by atoms with Crippen LogP contribution in [-0.4, -0.2) is 25.3 Å². The van der Waals surface area contributed by atoms with Gasteiger partial charge in [0.15, 0.2) is 0 Å². The Hall–Kier alpha value is -0.0800. The molecule has 0 aromatic carbocycles. The fourth-order valence-electron chi connectivity index (χ4n) is 2.97. The Morgan fingerprint density at radius 1 is 1.33 bits per heavy atom. The highest BCUT2D eigenvalue weighted by Crippen LogP contribution is 2.48. The molecule has 0 aliphatic heterocycles. The van der Waals surface area contributed by atoms with Crippen molar-refractivity contribution in [2.24, 2.45) is 5.41 Å². The predicted molar refractivity (Wildman–Crippen MR) is 65.1 cm³/mol. The summed E-state index contributed by atoms with van der Waals surface area (Å²) in [5.41, 5.74) is 0.387. The third-order valence-electron chi connectivity index (χ3n) is 4.48. The van der Waals surface area contributed by atoms with Crippen molar-refractivity contribution >= 4 is 0 Å². The van der Waals surface area contributed by atoms with Crippen molar-refractivity contribution in [2.75, 3.05) is 7.11 Å². The van der Waals surface area contributed by atoms with Gasteiger partial charge in [0.2, 0.25) is 0 Å². The van der Waals surface area contributed by atoms with Gasteiger partial charge in [-0.25, -0.2) is 0 Å². The molecule has 1 saturated carbocycles. The summed E-state index contributed by atoms with van der Waals surface area (Å²) in [6.07, 6.45) is 5.29. The second-order valence-electron chi connectivity index (χ2n) is 4.93. The Bertz CT molecular complexity index is 189. The summed E-state index contributed by atoms with van der Waals surface area (Å²) in [7, 11) is 1.85. The molecule has 1 N–H and O–H groups in total. The van der Waals surface area contributed by atoms with Gasteiger partial charge < -0.3 is 10.1 Å². The number of rotatable bonds is 6. The van der Waals surface area contributed by atoms with E-state index in [1.165, 1.54) is 25.7 Å². The maximum atomic E-state index is 5.59. The van der Waals surface area contributed by atoms with Crippen molar-refractivity contribution in [3.8, 4) is 0 Å². The van der Waals surface area contributed by atoms with Crippen molar-refractivity contribution in [2.45, 2.75) is 71.6 Å². The molecular formula is C13H27NO. The average molecular weight is 213 g/mol. The fourth-order valence-corrected chi connectivity index (χ4v) is 2.97. The number of hydrogen-bond acceptors (Lipinski definition) is 2. The maximum absolute atomic E-state index is 5.59. The summed E-state index contributed by atoms with van der Waals surface area (Å²) < 4.78 is 5.59. The van der Waals surface area contributed by atoms with E-state index < -0.39 is 0 Å². The predicted octanol–water partition coefficient (Wildman–Crippen LogP) is 2.97. The summed E-state index contributed by atoms with van der Waals surface area (Å²) >= 11 is 0. The second-order valence-corrected chi connectivity index (χ2v) is 4.93. The topological polar surface area (TPSA) is 21.3 Å². The van der Waals surface area contributed by atoms with Gasteiger partial charge in [-0.2, -0.15) is 0 Å². The number of methoxy groups -OCH3 is 1. The molecule has 0 saturated heterocycles. The first-order chi connectivity index (χ1) is 7.14. The van der Waals surface area contributed by atoms with Crippen LogP contribution in [0.3, 0.4) is 0 Å². The largest absolute Gasteiger partial charge is 0.381 e. The van der Waals surface area contributed by atoms with Gasteiger partial charge in [-0.05, 0) is 32.6 Å². The fraction of sp³-hybridized carbons (Fsp3) is 1.00. The normalized spacial score (nSPS) is 31.0. The Morgan fingerprint density at radius 2 is 1.93 bits per heavy atom. The molecule has 0 aromatic heterocycles. The lowest BCUT2D eigenvalue weighted by Gasteiger charge is -2.56. The van der Waals surface area contributed by atoms with Crippen molar-refractivity contribution in [1.82, 2.24) is 5.32 Å². The summed E-state index contributed by atoms with van der Waals surface area (Å²) in [6, 6.07) is 1.29. The monoisotopic (exact) mass is 213 g/mol. The van der Waals surface area contributed by atoms with Crippen LogP contribution in [0.2, 0.25) is 0 Å². The van der Waals surface area contributed by atoms with Crippen molar-refractivity contribution in [3.63, 3.8) is 0 Å². The highest BCUT2D eigenvalue weighted by Gasteiger charge is 2.52. The van der Waals surface area contributed by atoms with Crippen LogP contribution in [0.4, 0.5) is 0 Å². The molecule has 0 amide bonds. The molecule has 0 aromatic rings. The molecule has 3 atom stereocenters. The smallest absolute Gasteiger partial charge is 0.0657 e. The lowest BCUT2D eigenvalue weighted by atomic mass is 9.58. The minimum atomic E-state index is 0.387. The van der Waals surface area contributed by atoms with E-state index in [-0.39, 0.29) is 0 Å². The van der Waals surface area contributed by atoms with E-state index in [0.29, 0.717) is 23.6 Å². The van der Waals surface area contributed by atoms with Gasteiger partial charge in [0.25, 0.3) is 0 Å². The van der Waals surface area contributed by atoms with Gasteiger partial charge in [-0.1, -0.05) is 20.8 Å². The van der Waals surface area contributed by atoms with Crippen LogP contribution in [0.25, 0.3) is 0 Å². The third kappa shape index (κ3) is 2.21. The van der Waals surface area contributed by atoms with Crippen LogP contribution in [0.5, 0.6) is 0 Å². The molecule has 1 aliphatic carbocycles. The van der Waals surface area contributed by atoms with E-state index in [2.05, 4.69) is 33.0 Å². The zero-order valence-electron chi connectivity index (χ0n) is 11.0. The summed E-state index contributed by atoms with van der Waals surface area (Å²) in [4.78, 5) is 0. The lowest BCUT2D eigenvalue weighted by molar-refractivity contribution is -0.125. The molecule has 3 unspecified atom stereocenters. The van der Waals surface area contributed by atoms with E-state index >= 15 is 0 Å². The quantitative estimate of drug-likeness (QED) is 0.732. The molecule has 0 radical (unpaired) electrons. The molecule has 0 heterocycles. The highest BCUT2D eigenvalue weighted by atomic mass is 16.5. The average Bonchev–Trinajstić information content (AvgIpc) is 2.25. The first-order valence-electron chi connectivity index (χ1n) is 6.43. The van der Waals surface area contributed by atoms with Gasteiger partial charge in [0, 0.05) is 24.6 Å². The van der Waals surface area contributed by atoms with Gasteiger partial charge in [0.05, 0.1) is 6.10 Å². The molecule has 1 fully saturated rings. The van der Waals surface area contributed by atoms with Crippen LogP contribution in [-0.2, 0) is 4.74 Å². The summed E-state index contributed by atoms with van der Waals surface area (Å²) in [6.45, 7) is 9.10. The maximum Gasteiger partial charge on any atom is 0.0657 e. The van der Waals surface area contributed by atoms with Gasteiger partial charge in [0.1, 0.15) is 0 Å². The van der Waals surface area contributed by atoms with Crippen LogP contribution in [0.15, 0.2) is 0 Å². The summed E-state index contributed by atoms with van der Waals surface area (Å²) in [5.74, 6) is 0. The minimum Gasteiger partial charge on any atom is -0.381 e.